The predicted octanol–water partition coefficient (Wildman–Crippen LogP) is 6.03. The number of anilines is 4. The molecule has 32 heavy (non-hydrogen) atoms. The van der Waals surface area contributed by atoms with Crippen molar-refractivity contribution in [2.24, 2.45) is 10.2 Å². The van der Waals surface area contributed by atoms with Crippen molar-refractivity contribution < 1.29 is 0 Å². The van der Waals surface area contributed by atoms with Gasteiger partial charge in [-0.05, 0) is 76.2 Å². The zero-order valence-electron chi connectivity index (χ0n) is 18.3. The fourth-order valence-electron chi connectivity index (χ4n) is 2.08. The van der Waals surface area contributed by atoms with Crippen molar-refractivity contribution in [1.29, 1.82) is 10.8 Å². The van der Waals surface area contributed by atoms with Crippen LogP contribution in [0.1, 0.15) is 27.7 Å². The van der Waals surface area contributed by atoms with Gasteiger partial charge in [0.15, 0.2) is 0 Å². The van der Waals surface area contributed by atoms with E-state index >= 15 is 0 Å². The van der Waals surface area contributed by atoms with Crippen LogP contribution in [0, 0.1) is 10.8 Å². The first kappa shape index (κ1) is 34.4. The Bertz CT molecular complexity index is 808. The van der Waals surface area contributed by atoms with Gasteiger partial charge < -0.3 is 22.1 Å². The Balaban J connectivity index is -0.00000210. The Morgan fingerprint density at radius 2 is 0.875 bits per heavy atom. The van der Waals surface area contributed by atoms with Crippen molar-refractivity contribution in [2.45, 2.75) is 38.8 Å². The van der Waals surface area contributed by atoms with Gasteiger partial charge in [-0.25, -0.2) is 0 Å². The van der Waals surface area contributed by atoms with Crippen molar-refractivity contribution in [1.82, 2.24) is 0 Å². The van der Waals surface area contributed by atoms with Crippen molar-refractivity contribution in [3.8, 4) is 0 Å². The topological polar surface area (TPSA) is 149 Å². The molecule has 0 spiro atoms. The number of benzene rings is 2. The van der Waals surface area contributed by atoms with Crippen LogP contribution in [-0.2, 0) is 0 Å². The van der Waals surface area contributed by atoms with Crippen LogP contribution in [0.15, 0.2) is 58.8 Å². The summed E-state index contributed by atoms with van der Waals surface area (Å²) in [5.74, 6) is 0.379. The molecule has 0 aliphatic carbocycles. The average Bonchev–Trinajstić information content (AvgIpc) is 2.64. The second kappa shape index (κ2) is 14.0. The lowest BCUT2D eigenvalue weighted by Crippen LogP contribution is -2.38. The van der Waals surface area contributed by atoms with E-state index in [2.05, 4.69) is 20.9 Å². The minimum absolute atomic E-state index is 0. The summed E-state index contributed by atoms with van der Waals surface area (Å²) in [7, 11) is 0. The van der Waals surface area contributed by atoms with Crippen molar-refractivity contribution in [2.75, 3.05) is 22.1 Å². The van der Waals surface area contributed by atoms with Crippen LogP contribution in [0.25, 0.3) is 0 Å². The van der Waals surface area contributed by atoms with Crippen LogP contribution in [0.3, 0.4) is 0 Å². The standard InChI is InChI=1S/C20H28N8.4ClH/c1-19(2,17(23)25-15-9-5-13(21)6-10-15)27-28-20(3,4)18(24)26-16-11-7-14(22)8-12-16;;;;/h5-12H,21-22H2,1-4H3,(H2,23,25)(H2,24,26);4*1H. The molecule has 12 heteroatoms. The van der Waals surface area contributed by atoms with Crippen molar-refractivity contribution in [3.05, 3.63) is 48.5 Å². The second-order valence-electron chi connectivity index (χ2n) is 7.56. The summed E-state index contributed by atoms with van der Waals surface area (Å²) in [5, 5.41) is 31.3. The van der Waals surface area contributed by atoms with Crippen LogP contribution in [0.2, 0.25) is 0 Å². The highest BCUT2D eigenvalue weighted by Gasteiger charge is 2.28. The van der Waals surface area contributed by atoms with Crippen LogP contribution in [-0.4, -0.2) is 22.7 Å². The number of rotatable bonds is 6. The van der Waals surface area contributed by atoms with Gasteiger partial charge >= 0.3 is 0 Å². The van der Waals surface area contributed by atoms with Gasteiger partial charge in [-0.15, -0.1) is 49.6 Å². The van der Waals surface area contributed by atoms with Crippen LogP contribution >= 0.6 is 49.6 Å². The molecular weight excluding hydrogens is 494 g/mol. The summed E-state index contributed by atoms with van der Waals surface area (Å²) >= 11 is 0. The number of azo groups is 1. The lowest BCUT2D eigenvalue weighted by Gasteiger charge is -2.25. The first-order valence-corrected chi connectivity index (χ1v) is 8.87. The third kappa shape index (κ3) is 9.91. The van der Waals surface area contributed by atoms with Gasteiger partial charge in [0.25, 0.3) is 0 Å². The molecule has 0 atom stereocenters. The first-order valence-electron chi connectivity index (χ1n) is 8.87. The van der Waals surface area contributed by atoms with E-state index in [0.29, 0.717) is 11.4 Å². The predicted molar refractivity (Wildman–Crippen MR) is 146 cm³/mol. The fraction of sp³-hybridized carbons (Fsp3) is 0.300. The van der Waals surface area contributed by atoms with Crippen molar-refractivity contribution >= 4 is 84.0 Å². The van der Waals surface area contributed by atoms with Crippen molar-refractivity contribution in [3.63, 3.8) is 0 Å². The van der Waals surface area contributed by atoms with Gasteiger partial charge in [0, 0.05) is 22.7 Å². The van der Waals surface area contributed by atoms with Crippen LogP contribution < -0.4 is 22.1 Å². The van der Waals surface area contributed by atoms with E-state index in [1.165, 1.54) is 0 Å². The number of nitrogens with zero attached hydrogens (tertiary/aromatic N) is 2. The molecule has 0 aliphatic heterocycles. The van der Waals surface area contributed by atoms with Crippen LogP contribution in [0.5, 0.6) is 0 Å². The number of nitrogens with one attached hydrogen (secondary N) is 4. The Kier molecular flexibility index (Phi) is 15.0. The summed E-state index contributed by atoms with van der Waals surface area (Å²) in [4.78, 5) is 0. The minimum Gasteiger partial charge on any atom is -0.399 e. The molecule has 0 amide bonds. The van der Waals surface area contributed by atoms with Crippen LogP contribution in [0.4, 0.5) is 22.7 Å². The summed E-state index contributed by atoms with van der Waals surface area (Å²) in [6.45, 7) is 7.15. The average molecular weight is 526 g/mol. The molecule has 8 N–H and O–H groups in total. The SMILES string of the molecule is CC(C)(N=NC(C)(C)C(=N)Nc1ccc(N)cc1)C(=N)Nc1ccc(N)cc1.Cl.Cl.Cl.Cl. The highest BCUT2D eigenvalue weighted by Crippen LogP contribution is 2.21. The van der Waals surface area contributed by atoms with Gasteiger partial charge in [0.1, 0.15) is 22.7 Å². The highest BCUT2D eigenvalue weighted by molar-refractivity contribution is 6.01. The molecule has 2 rings (SSSR count). The first-order chi connectivity index (χ1) is 13.0. The van der Waals surface area contributed by atoms with E-state index in [1.807, 2.05) is 0 Å². The summed E-state index contributed by atoms with van der Waals surface area (Å²) in [6.07, 6.45) is 0. The molecule has 0 radical (unpaired) electrons. The third-order valence-electron chi connectivity index (χ3n) is 4.13. The smallest absolute Gasteiger partial charge is 0.133 e. The van der Waals surface area contributed by atoms with Gasteiger partial charge in [0.05, 0.1) is 0 Å². The van der Waals surface area contributed by atoms with E-state index in [4.69, 9.17) is 22.3 Å². The molecule has 0 fully saturated rings. The highest BCUT2D eigenvalue weighted by atomic mass is 35.5. The molecule has 0 unspecified atom stereocenters. The van der Waals surface area contributed by atoms with E-state index in [-0.39, 0.29) is 61.3 Å². The van der Waals surface area contributed by atoms with E-state index in [1.54, 1.807) is 76.2 Å². The molecule has 8 nitrogen and oxygen atoms in total. The lowest BCUT2D eigenvalue weighted by molar-refractivity contribution is 0.561. The number of halogens is 4. The normalized spacial score (nSPS) is 10.5. The summed E-state index contributed by atoms with van der Waals surface area (Å²) in [5.41, 5.74) is 12.4. The van der Waals surface area contributed by atoms with Gasteiger partial charge in [-0.1, -0.05) is 0 Å². The molecule has 0 saturated carbocycles. The number of nitrogen functional groups attached to an aromatic ring is 2. The molecule has 0 aromatic heterocycles. The molecule has 0 bridgehead atoms. The Morgan fingerprint density at radius 3 is 1.12 bits per heavy atom. The maximum Gasteiger partial charge on any atom is 0.133 e. The van der Waals surface area contributed by atoms with E-state index in [9.17, 15) is 0 Å². The summed E-state index contributed by atoms with van der Waals surface area (Å²) in [6, 6.07) is 14.2. The molecule has 0 saturated heterocycles. The third-order valence-corrected chi connectivity index (χ3v) is 4.13. The molecule has 0 heterocycles. The van der Waals surface area contributed by atoms with E-state index < -0.39 is 11.1 Å². The Labute approximate surface area is 214 Å². The van der Waals surface area contributed by atoms with Gasteiger partial charge in [-0.3, -0.25) is 10.8 Å². The number of hydrogen-bond acceptors (Lipinski definition) is 6. The maximum atomic E-state index is 8.32. The molecular formula is C20H32Cl4N8. The quantitative estimate of drug-likeness (QED) is 0.118. The molecule has 2 aromatic carbocycles. The zero-order chi connectivity index (χ0) is 20.9. The largest absolute Gasteiger partial charge is 0.399 e. The fourth-order valence-corrected chi connectivity index (χ4v) is 2.08. The molecule has 180 valence electrons. The molecule has 0 aliphatic rings. The van der Waals surface area contributed by atoms with Gasteiger partial charge in [-0.2, -0.15) is 10.2 Å². The van der Waals surface area contributed by atoms with E-state index in [0.717, 1.165) is 11.4 Å². The lowest BCUT2D eigenvalue weighted by atomic mass is 10.0. The minimum atomic E-state index is -0.889. The summed E-state index contributed by atoms with van der Waals surface area (Å²) < 4.78 is 0. The second-order valence-corrected chi connectivity index (χ2v) is 7.56. The Hall–Kier alpha value is -2.26. The Morgan fingerprint density at radius 1 is 0.625 bits per heavy atom. The number of amidine groups is 2. The maximum absolute atomic E-state index is 8.32. The molecule has 2 aromatic rings. The zero-order valence-corrected chi connectivity index (χ0v) is 21.6. The van der Waals surface area contributed by atoms with Gasteiger partial charge in [0.2, 0.25) is 0 Å². The number of nitrogens with two attached hydrogens (primary N) is 2. The number of hydrogen-bond donors (Lipinski definition) is 6. The monoisotopic (exact) mass is 524 g/mol.